The van der Waals surface area contributed by atoms with Crippen LogP contribution in [0.2, 0.25) is 0 Å². The first-order valence-electron chi connectivity index (χ1n) is 5.21. The van der Waals surface area contributed by atoms with Gasteiger partial charge in [-0.3, -0.25) is 0 Å². The molecule has 128 valence electrons. The number of hydrogen-bond acceptors (Lipinski definition) is 0. The second-order valence-electron chi connectivity index (χ2n) is 3.79. The second kappa shape index (κ2) is 6.03. The van der Waals surface area contributed by atoms with Crippen molar-refractivity contribution in [3.8, 4) is 0 Å². The molecule has 0 aliphatic rings. The summed E-state index contributed by atoms with van der Waals surface area (Å²) < 4.78 is 127. The number of hydrogen-bond donors (Lipinski definition) is 0. The molecule has 0 saturated carbocycles. The van der Waals surface area contributed by atoms with Gasteiger partial charge >= 0.3 is 126 Å². The van der Waals surface area contributed by atoms with E-state index in [0.717, 1.165) is 0 Å². The van der Waals surface area contributed by atoms with Crippen LogP contribution in [0.4, 0.5) is 43.9 Å². The summed E-state index contributed by atoms with van der Waals surface area (Å²) in [7, 11) is 0. The maximum atomic E-state index is 13.4. The zero-order chi connectivity index (χ0) is 17.6. The molecule has 2 rings (SSSR count). The summed E-state index contributed by atoms with van der Waals surface area (Å²) in [5.74, 6) is -24.7. The summed E-state index contributed by atoms with van der Waals surface area (Å²) in [6.07, 6.45) is 0. The van der Waals surface area contributed by atoms with Gasteiger partial charge in [0.25, 0.3) is 0 Å². The molecule has 0 heterocycles. The van der Waals surface area contributed by atoms with Crippen LogP contribution in [-0.4, -0.2) is 0 Å². The number of benzene rings is 2. The molecule has 0 saturated heterocycles. The maximum absolute atomic E-state index is 13.4. The molecule has 0 aliphatic heterocycles. The second-order valence-corrected chi connectivity index (χ2v) is 5.02. The van der Waals surface area contributed by atoms with Gasteiger partial charge in [0.15, 0.2) is 0 Å². The SMILES string of the molecule is Fc1c(F)c(F)[c]([Ni][c]2c(F)c(F)c(F)c(F)c2F)c(F)c1F. The van der Waals surface area contributed by atoms with Crippen molar-refractivity contribution < 1.29 is 58.3 Å². The van der Waals surface area contributed by atoms with Gasteiger partial charge in [-0.15, -0.1) is 0 Å². The van der Waals surface area contributed by atoms with Crippen LogP contribution in [0, 0.1) is 58.2 Å². The molecule has 0 nitrogen and oxygen atoms in total. The summed E-state index contributed by atoms with van der Waals surface area (Å²) in [4.78, 5) is 0. The Morgan fingerprint density at radius 3 is 0.696 bits per heavy atom. The first kappa shape index (κ1) is 17.6. The van der Waals surface area contributed by atoms with E-state index in [1.54, 1.807) is 0 Å². The molecule has 11 heteroatoms. The average molecular weight is 393 g/mol. The zero-order valence-corrected chi connectivity index (χ0v) is 11.1. The van der Waals surface area contributed by atoms with E-state index < -0.39 is 81.7 Å². The van der Waals surface area contributed by atoms with Gasteiger partial charge in [-0.1, -0.05) is 0 Å². The first-order valence-corrected chi connectivity index (χ1v) is 6.19. The van der Waals surface area contributed by atoms with E-state index in [1.165, 1.54) is 0 Å². The van der Waals surface area contributed by atoms with Crippen LogP contribution in [0.1, 0.15) is 0 Å². The third-order valence-electron chi connectivity index (χ3n) is 2.42. The fraction of sp³-hybridized carbons (Fsp3) is 0. The predicted molar refractivity (Wildman–Crippen MR) is 51.7 cm³/mol. The molecule has 0 radical (unpaired) electrons. The molecule has 0 atom stereocenters. The molecule has 2 aromatic rings. The van der Waals surface area contributed by atoms with E-state index >= 15 is 0 Å². The molecule has 0 unspecified atom stereocenters. The van der Waals surface area contributed by atoms with Crippen LogP contribution in [0.25, 0.3) is 0 Å². The van der Waals surface area contributed by atoms with Gasteiger partial charge in [0.1, 0.15) is 0 Å². The summed E-state index contributed by atoms with van der Waals surface area (Å²) in [6, 6.07) is 0. The van der Waals surface area contributed by atoms with Gasteiger partial charge < -0.3 is 0 Å². The fourth-order valence-electron chi connectivity index (χ4n) is 1.35. The average Bonchev–Trinajstić information content (AvgIpc) is 2.54. The van der Waals surface area contributed by atoms with Crippen molar-refractivity contribution in [2.24, 2.45) is 0 Å². The molecular formula is C12F10Ni. The van der Waals surface area contributed by atoms with Crippen LogP contribution < -0.4 is 9.07 Å². The molecule has 0 bridgehead atoms. The normalized spacial score (nSPS) is 11.4. The summed E-state index contributed by atoms with van der Waals surface area (Å²) in [5.41, 5.74) is 0. The van der Waals surface area contributed by atoms with Crippen molar-refractivity contribution >= 4 is 9.07 Å². The molecule has 2 aromatic carbocycles. The van der Waals surface area contributed by atoms with E-state index in [0.29, 0.717) is 0 Å². The third kappa shape index (κ3) is 2.67. The fourth-order valence-corrected chi connectivity index (χ4v) is 2.46. The van der Waals surface area contributed by atoms with Gasteiger partial charge in [-0.05, 0) is 0 Å². The van der Waals surface area contributed by atoms with Crippen molar-refractivity contribution in [2.45, 2.75) is 0 Å². The van der Waals surface area contributed by atoms with Gasteiger partial charge in [-0.2, -0.15) is 0 Å². The van der Waals surface area contributed by atoms with Gasteiger partial charge in [0, 0.05) is 0 Å². The van der Waals surface area contributed by atoms with Crippen LogP contribution in [0.3, 0.4) is 0 Å². The van der Waals surface area contributed by atoms with E-state index in [9.17, 15) is 43.9 Å². The molecule has 23 heavy (non-hydrogen) atoms. The van der Waals surface area contributed by atoms with Crippen LogP contribution in [0.5, 0.6) is 0 Å². The molecule has 0 spiro atoms. The van der Waals surface area contributed by atoms with E-state index in [1.807, 2.05) is 0 Å². The Hall–Kier alpha value is -1.77. The molecule has 0 N–H and O–H groups in total. The standard InChI is InChI=1S/2C6F5.Ni/c2*7-2-1-3(8)5(10)6(11)4(2)9;. The van der Waals surface area contributed by atoms with Crippen LogP contribution in [0.15, 0.2) is 0 Å². The Labute approximate surface area is 126 Å². The van der Waals surface area contributed by atoms with Crippen molar-refractivity contribution in [2.75, 3.05) is 0 Å². The number of halogens is 10. The Balaban J connectivity index is 2.71. The van der Waals surface area contributed by atoms with Gasteiger partial charge in [0.2, 0.25) is 0 Å². The summed E-state index contributed by atoms with van der Waals surface area (Å²) >= 11 is -1.05. The Morgan fingerprint density at radius 2 is 0.478 bits per heavy atom. The zero-order valence-electron chi connectivity index (χ0n) is 10.1. The molecular weight excluding hydrogens is 393 g/mol. The van der Waals surface area contributed by atoms with Crippen molar-refractivity contribution in [3.05, 3.63) is 58.2 Å². The molecule has 0 aromatic heterocycles. The Kier molecular flexibility index (Phi) is 4.61. The molecule has 0 amide bonds. The molecule has 0 fully saturated rings. The van der Waals surface area contributed by atoms with Crippen molar-refractivity contribution in [3.63, 3.8) is 0 Å². The summed E-state index contributed by atoms with van der Waals surface area (Å²) in [5, 5.41) is 0. The first-order chi connectivity index (χ1) is 10.6. The van der Waals surface area contributed by atoms with E-state index in [2.05, 4.69) is 0 Å². The van der Waals surface area contributed by atoms with Crippen LogP contribution in [-0.2, 0) is 14.4 Å². The topological polar surface area (TPSA) is 0 Å². The van der Waals surface area contributed by atoms with E-state index in [4.69, 9.17) is 0 Å². The van der Waals surface area contributed by atoms with Gasteiger partial charge in [0.05, 0.1) is 0 Å². The quantitative estimate of drug-likeness (QED) is 0.319. The minimum atomic E-state index is -2.54. The van der Waals surface area contributed by atoms with Crippen molar-refractivity contribution in [1.82, 2.24) is 0 Å². The minimum absolute atomic E-state index is 1.05. The van der Waals surface area contributed by atoms with E-state index in [-0.39, 0.29) is 0 Å². The summed E-state index contributed by atoms with van der Waals surface area (Å²) in [6.45, 7) is 0. The van der Waals surface area contributed by atoms with Gasteiger partial charge in [-0.25, -0.2) is 0 Å². The van der Waals surface area contributed by atoms with Crippen molar-refractivity contribution in [1.29, 1.82) is 0 Å². The monoisotopic (exact) mass is 392 g/mol. The molecule has 0 aliphatic carbocycles. The Bertz CT molecular complexity index is 691. The third-order valence-corrected chi connectivity index (χ3v) is 3.78. The Morgan fingerprint density at radius 1 is 0.304 bits per heavy atom. The predicted octanol–water partition coefficient (Wildman–Crippen LogP) is 3.11. The van der Waals surface area contributed by atoms with Crippen LogP contribution >= 0.6 is 0 Å². The number of rotatable bonds is 2.